The van der Waals surface area contributed by atoms with Gasteiger partial charge in [-0.2, -0.15) is 0 Å². The minimum atomic E-state index is -1.04. The van der Waals surface area contributed by atoms with Crippen LogP contribution in [-0.4, -0.2) is 41.5 Å². The Labute approximate surface area is 83.9 Å². The van der Waals surface area contributed by atoms with Crippen LogP contribution in [0.2, 0.25) is 0 Å². The minimum absolute atomic E-state index is 0.317. The Bertz CT molecular complexity index is 233. The molecule has 1 unspecified atom stereocenters. The first-order valence-electron chi connectivity index (χ1n) is 4.38. The van der Waals surface area contributed by atoms with E-state index < -0.39 is 12.0 Å². The van der Waals surface area contributed by atoms with Crippen molar-refractivity contribution in [3.8, 4) is 0 Å². The lowest BCUT2D eigenvalue weighted by molar-refractivity contribution is -0.144. The van der Waals surface area contributed by atoms with Gasteiger partial charge >= 0.3 is 5.97 Å². The summed E-state index contributed by atoms with van der Waals surface area (Å²) in [5.74, 6) is -1.39. The number of hydrogen-bond donors (Lipinski definition) is 2. The number of hydrogen-bond acceptors (Lipinski definition) is 3. The number of nitrogens with two attached hydrogens (primary N) is 1. The summed E-state index contributed by atoms with van der Waals surface area (Å²) < 4.78 is 0. The van der Waals surface area contributed by atoms with Gasteiger partial charge in [-0.15, -0.1) is 0 Å². The second kappa shape index (κ2) is 4.41. The van der Waals surface area contributed by atoms with E-state index in [-0.39, 0.29) is 17.9 Å². The number of nitrogens with zero attached hydrogens (tertiary/aromatic N) is 1. The quantitative estimate of drug-likeness (QED) is 0.669. The molecule has 0 aromatic heterocycles. The zero-order valence-electron chi connectivity index (χ0n) is 9.07. The summed E-state index contributed by atoms with van der Waals surface area (Å²) in [6.07, 6.45) is 0. The molecule has 0 spiro atoms. The van der Waals surface area contributed by atoms with Crippen LogP contribution in [-0.2, 0) is 9.59 Å². The van der Waals surface area contributed by atoms with Gasteiger partial charge in [0.25, 0.3) is 0 Å². The van der Waals surface area contributed by atoms with Crippen LogP contribution in [0.15, 0.2) is 0 Å². The summed E-state index contributed by atoms with van der Waals surface area (Å²) >= 11 is 0. The van der Waals surface area contributed by atoms with Crippen LogP contribution >= 0.6 is 0 Å². The molecule has 0 saturated heterocycles. The highest BCUT2D eigenvalue weighted by Crippen LogP contribution is 2.18. The second-order valence-electron chi connectivity index (χ2n) is 4.43. The van der Waals surface area contributed by atoms with Crippen molar-refractivity contribution in [2.24, 2.45) is 11.1 Å². The van der Waals surface area contributed by atoms with Gasteiger partial charge < -0.3 is 15.7 Å². The van der Waals surface area contributed by atoms with Crippen molar-refractivity contribution in [2.45, 2.75) is 26.8 Å². The fourth-order valence-electron chi connectivity index (χ4n) is 0.889. The lowest BCUT2D eigenvalue weighted by Gasteiger charge is -2.29. The molecule has 0 fully saturated rings. The first-order valence-corrected chi connectivity index (χ1v) is 4.38. The monoisotopic (exact) mass is 202 g/mol. The Morgan fingerprint density at radius 2 is 1.86 bits per heavy atom. The van der Waals surface area contributed by atoms with Crippen LogP contribution in [0.3, 0.4) is 0 Å². The molecule has 14 heavy (non-hydrogen) atoms. The van der Waals surface area contributed by atoms with Crippen LogP contribution in [0.25, 0.3) is 0 Å². The van der Waals surface area contributed by atoms with Gasteiger partial charge in [-0.05, 0) is 5.41 Å². The molecule has 0 aromatic carbocycles. The van der Waals surface area contributed by atoms with Gasteiger partial charge in [-0.3, -0.25) is 9.59 Å². The number of carboxylic acids is 1. The first-order chi connectivity index (χ1) is 6.16. The molecule has 5 heteroatoms. The van der Waals surface area contributed by atoms with Crippen LogP contribution in [0.1, 0.15) is 20.8 Å². The van der Waals surface area contributed by atoms with Crippen molar-refractivity contribution in [3.05, 3.63) is 0 Å². The molecule has 0 aromatic rings. The SMILES string of the molecule is CN(CC(=O)O)C(=O)C(N)C(C)(C)C. The van der Waals surface area contributed by atoms with E-state index in [0.717, 1.165) is 4.90 Å². The molecule has 0 heterocycles. The molecule has 0 aliphatic rings. The summed E-state index contributed by atoms with van der Waals surface area (Å²) in [7, 11) is 1.43. The average molecular weight is 202 g/mol. The van der Waals surface area contributed by atoms with E-state index in [1.54, 1.807) is 0 Å². The highest BCUT2D eigenvalue weighted by Gasteiger charge is 2.30. The number of carbonyl (C=O) groups is 2. The van der Waals surface area contributed by atoms with Crippen molar-refractivity contribution in [1.29, 1.82) is 0 Å². The topological polar surface area (TPSA) is 83.6 Å². The molecular weight excluding hydrogens is 184 g/mol. The molecule has 0 saturated carbocycles. The summed E-state index contributed by atoms with van der Waals surface area (Å²) in [5.41, 5.74) is 5.33. The van der Waals surface area contributed by atoms with E-state index in [1.165, 1.54) is 7.05 Å². The molecule has 1 amide bonds. The third-order valence-corrected chi connectivity index (χ3v) is 1.95. The molecule has 0 radical (unpaired) electrons. The van der Waals surface area contributed by atoms with Crippen molar-refractivity contribution >= 4 is 11.9 Å². The Morgan fingerprint density at radius 3 is 2.14 bits per heavy atom. The van der Waals surface area contributed by atoms with Gasteiger partial charge in [0.1, 0.15) is 6.54 Å². The Morgan fingerprint density at radius 1 is 1.43 bits per heavy atom. The molecule has 0 bridgehead atoms. The van der Waals surface area contributed by atoms with Gasteiger partial charge in [-0.1, -0.05) is 20.8 Å². The minimum Gasteiger partial charge on any atom is -0.480 e. The molecule has 0 aliphatic carbocycles. The molecule has 1 atom stereocenters. The van der Waals surface area contributed by atoms with E-state index >= 15 is 0 Å². The fraction of sp³-hybridized carbons (Fsp3) is 0.778. The number of carbonyl (C=O) groups excluding carboxylic acids is 1. The third kappa shape index (κ3) is 3.74. The second-order valence-corrected chi connectivity index (χ2v) is 4.43. The van der Waals surface area contributed by atoms with Crippen molar-refractivity contribution in [1.82, 2.24) is 4.90 Å². The van der Waals surface area contributed by atoms with E-state index in [1.807, 2.05) is 20.8 Å². The van der Waals surface area contributed by atoms with E-state index in [9.17, 15) is 9.59 Å². The van der Waals surface area contributed by atoms with Crippen molar-refractivity contribution in [2.75, 3.05) is 13.6 Å². The zero-order valence-corrected chi connectivity index (χ0v) is 9.07. The zero-order chi connectivity index (χ0) is 11.5. The van der Waals surface area contributed by atoms with E-state index in [4.69, 9.17) is 10.8 Å². The van der Waals surface area contributed by atoms with Gasteiger partial charge in [0.2, 0.25) is 5.91 Å². The lowest BCUT2D eigenvalue weighted by Crippen LogP contribution is -2.50. The molecule has 3 N–H and O–H groups in total. The van der Waals surface area contributed by atoms with E-state index in [2.05, 4.69) is 0 Å². The smallest absolute Gasteiger partial charge is 0.323 e. The third-order valence-electron chi connectivity index (χ3n) is 1.95. The summed E-state index contributed by atoms with van der Waals surface area (Å²) in [6, 6.07) is -0.674. The highest BCUT2D eigenvalue weighted by atomic mass is 16.4. The van der Waals surface area contributed by atoms with Crippen LogP contribution in [0, 0.1) is 5.41 Å². The standard InChI is InChI=1S/C9H18N2O3/c1-9(2,3)7(10)8(14)11(4)5-6(12)13/h7H,5,10H2,1-4H3,(H,12,13). The number of amides is 1. The fourth-order valence-corrected chi connectivity index (χ4v) is 0.889. The number of carboxylic acid groups (broad SMARTS) is 1. The van der Waals surface area contributed by atoms with Crippen LogP contribution in [0.4, 0.5) is 0 Å². The van der Waals surface area contributed by atoms with Crippen molar-refractivity contribution < 1.29 is 14.7 Å². The van der Waals surface area contributed by atoms with Crippen molar-refractivity contribution in [3.63, 3.8) is 0 Å². The molecule has 5 nitrogen and oxygen atoms in total. The van der Waals surface area contributed by atoms with E-state index in [0.29, 0.717) is 0 Å². The maximum atomic E-state index is 11.6. The summed E-state index contributed by atoms with van der Waals surface area (Å²) in [6.45, 7) is 5.20. The maximum absolute atomic E-state index is 11.6. The summed E-state index contributed by atoms with van der Waals surface area (Å²) in [4.78, 5) is 23.0. The lowest BCUT2D eigenvalue weighted by atomic mass is 9.86. The molecule has 0 rings (SSSR count). The van der Waals surface area contributed by atoms with Gasteiger partial charge in [0.05, 0.1) is 6.04 Å². The first kappa shape index (κ1) is 12.9. The Kier molecular flexibility index (Phi) is 4.07. The molecule has 82 valence electrons. The summed E-state index contributed by atoms with van der Waals surface area (Å²) in [5, 5.41) is 8.48. The average Bonchev–Trinajstić information content (AvgIpc) is 1.98. The van der Waals surface area contributed by atoms with Crippen LogP contribution in [0.5, 0.6) is 0 Å². The van der Waals surface area contributed by atoms with Gasteiger partial charge in [0.15, 0.2) is 0 Å². The number of aliphatic carboxylic acids is 1. The Balaban J connectivity index is 4.40. The predicted molar refractivity (Wildman–Crippen MR) is 52.7 cm³/mol. The van der Waals surface area contributed by atoms with Gasteiger partial charge in [0, 0.05) is 7.05 Å². The van der Waals surface area contributed by atoms with Crippen LogP contribution < -0.4 is 5.73 Å². The number of likely N-dealkylation sites (N-methyl/N-ethyl adjacent to an activating group) is 1. The van der Waals surface area contributed by atoms with Gasteiger partial charge in [-0.25, -0.2) is 0 Å². The highest BCUT2D eigenvalue weighted by molar-refractivity contribution is 5.85. The molecular formula is C9H18N2O3. The normalized spacial score (nSPS) is 13.5. The predicted octanol–water partition coefficient (Wildman–Crippen LogP) is -0.0972. The number of rotatable bonds is 3. The Hall–Kier alpha value is -1.10. The largest absolute Gasteiger partial charge is 0.480 e. The maximum Gasteiger partial charge on any atom is 0.323 e. The molecule has 0 aliphatic heterocycles.